The standard InChI is InChI=1S/C24H30N6O2S/c1-14-3-6-17-20(25)21(33-23(17)27-14)22(32)28-16-5-7-18-15(11-16)4-8-19(29-18)30-10-2-9-24(26,12-30)13-31/h3-4,6,8,16,31H,2,5,7,9-13,25-26H2,1H3,(H,28,32). The van der Waals surface area contributed by atoms with E-state index in [1.807, 2.05) is 25.1 Å². The molecule has 33 heavy (non-hydrogen) atoms. The van der Waals surface area contributed by atoms with Gasteiger partial charge in [0.1, 0.15) is 15.5 Å². The molecule has 1 aliphatic heterocycles. The Labute approximate surface area is 197 Å². The van der Waals surface area contributed by atoms with E-state index in [0.29, 0.717) is 17.1 Å². The summed E-state index contributed by atoms with van der Waals surface area (Å²) in [4.78, 5) is 25.9. The third kappa shape index (κ3) is 4.28. The number of aryl methyl sites for hydroxylation is 2. The molecule has 174 valence electrons. The van der Waals surface area contributed by atoms with E-state index in [9.17, 15) is 9.90 Å². The Morgan fingerprint density at radius 2 is 2.18 bits per heavy atom. The minimum atomic E-state index is -0.562. The fourth-order valence-corrected chi connectivity index (χ4v) is 5.94. The van der Waals surface area contributed by atoms with Crippen molar-refractivity contribution in [3.63, 3.8) is 0 Å². The molecule has 9 heteroatoms. The van der Waals surface area contributed by atoms with Gasteiger partial charge in [-0.15, -0.1) is 11.3 Å². The Bertz CT molecular complexity index is 1210. The third-order valence-electron chi connectivity index (χ3n) is 6.77. The molecule has 0 bridgehead atoms. The number of aromatic nitrogens is 2. The zero-order valence-corrected chi connectivity index (χ0v) is 19.6. The van der Waals surface area contributed by atoms with Crippen LogP contribution in [0, 0.1) is 6.92 Å². The second-order valence-corrected chi connectivity index (χ2v) is 10.4. The maximum atomic E-state index is 13.0. The molecule has 0 spiro atoms. The molecule has 1 saturated heterocycles. The number of piperidine rings is 1. The quantitative estimate of drug-likeness (QED) is 0.463. The van der Waals surface area contributed by atoms with Crippen LogP contribution in [-0.2, 0) is 12.8 Å². The van der Waals surface area contributed by atoms with Crippen LogP contribution in [0.15, 0.2) is 24.3 Å². The summed E-state index contributed by atoms with van der Waals surface area (Å²) in [6, 6.07) is 8.02. The Balaban J connectivity index is 1.28. The van der Waals surface area contributed by atoms with Gasteiger partial charge in [0.05, 0.1) is 17.8 Å². The van der Waals surface area contributed by atoms with Gasteiger partial charge in [-0.2, -0.15) is 0 Å². The van der Waals surface area contributed by atoms with Crippen molar-refractivity contribution in [1.29, 1.82) is 0 Å². The number of nitrogens with zero attached hydrogens (tertiary/aromatic N) is 3. The molecular weight excluding hydrogens is 436 g/mol. The molecule has 0 radical (unpaired) electrons. The lowest BCUT2D eigenvalue weighted by Gasteiger charge is -2.40. The summed E-state index contributed by atoms with van der Waals surface area (Å²) in [5.41, 5.74) is 15.7. The van der Waals surface area contributed by atoms with Crippen LogP contribution in [0.3, 0.4) is 0 Å². The third-order valence-corrected chi connectivity index (χ3v) is 7.89. The van der Waals surface area contributed by atoms with E-state index in [1.165, 1.54) is 11.3 Å². The van der Waals surface area contributed by atoms with Crippen LogP contribution in [0.1, 0.15) is 45.9 Å². The molecule has 1 amide bonds. The highest BCUT2D eigenvalue weighted by atomic mass is 32.1. The van der Waals surface area contributed by atoms with Gasteiger partial charge in [0.2, 0.25) is 0 Å². The number of aliphatic hydroxyl groups is 1. The number of amides is 1. The number of carbonyl (C=O) groups is 1. The number of anilines is 2. The van der Waals surface area contributed by atoms with Crippen LogP contribution in [0.2, 0.25) is 0 Å². The van der Waals surface area contributed by atoms with Crippen molar-refractivity contribution in [2.45, 2.75) is 50.6 Å². The number of nitrogen functional groups attached to an aromatic ring is 1. The van der Waals surface area contributed by atoms with Gasteiger partial charge >= 0.3 is 0 Å². The number of pyridine rings is 2. The van der Waals surface area contributed by atoms with Crippen LogP contribution in [0.5, 0.6) is 0 Å². The van der Waals surface area contributed by atoms with Crippen molar-refractivity contribution >= 4 is 39.0 Å². The molecule has 2 unspecified atom stereocenters. The summed E-state index contributed by atoms with van der Waals surface area (Å²) in [5, 5.41) is 13.6. The highest BCUT2D eigenvalue weighted by molar-refractivity contribution is 7.21. The van der Waals surface area contributed by atoms with Gasteiger partial charge in [0, 0.05) is 35.9 Å². The molecule has 4 heterocycles. The number of nitrogens with two attached hydrogens (primary N) is 2. The zero-order valence-electron chi connectivity index (χ0n) is 18.8. The molecule has 1 fully saturated rings. The summed E-state index contributed by atoms with van der Waals surface area (Å²) in [6.45, 7) is 3.42. The van der Waals surface area contributed by atoms with Gasteiger partial charge in [-0.3, -0.25) is 4.79 Å². The normalized spacial score (nSPS) is 22.9. The van der Waals surface area contributed by atoms with E-state index in [4.69, 9.17) is 16.5 Å². The average molecular weight is 467 g/mol. The molecule has 2 aliphatic rings. The molecule has 0 saturated carbocycles. The monoisotopic (exact) mass is 466 g/mol. The number of rotatable bonds is 4. The number of fused-ring (bicyclic) bond motifs is 2. The molecule has 3 aromatic rings. The van der Waals surface area contributed by atoms with Gasteiger partial charge in [-0.05, 0) is 62.8 Å². The molecule has 1 aliphatic carbocycles. The number of carbonyl (C=O) groups excluding carboxylic acids is 1. The number of hydrogen-bond donors (Lipinski definition) is 4. The van der Waals surface area contributed by atoms with Crippen LogP contribution < -0.4 is 21.7 Å². The summed E-state index contributed by atoms with van der Waals surface area (Å²) in [7, 11) is 0. The number of thiophene rings is 1. The van der Waals surface area contributed by atoms with E-state index in [2.05, 4.69) is 21.3 Å². The maximum Gasteiger partial charge on any atom is 0.263 e. The maximum absolute atomic E-state index is 13.0. The zero-order chi connectivity index (χ0) is 23.2. The minimum Gasteiger partial charge on any atom is -0.397 e. The van der Waals surface area contributed by atoms with Crippen LogP contribution >= 0.6 is 11.3 Å². The largest absolute Gasteiger partial charge is 0.397 e. The number of aliphatic hydroxyl groups excluding tert-OH is 1. The van der Waals surface area contributed by atoms with Crippen molar-refractivity contribution in [1.82, 2.24) is 15.3 Å². The van der Waals surface area contributed by atoms with Gasteiger partial charge in [0.25, 0.3) is 5.91 Å². The van der Waals surface area contributed by atoms with E-state index >= 15 is 0 Å². The first-order valence-electron chi connectivity index (χ1n) is 11.5. The van der Waals surface area contributed by atoms with Crippen molar-refractivity contribution in [3.05, 3.63) is 46.1 Å². The van der Waals surface area contributed by atoms with Gasteiger partial charge in [-0.1, -0.05) is 6.07 Å². The highest BCUT2D eigenvalue weighted by Gasteiger charge is 2.32. The Hall–Kier alpha value is -2.75. The average Bonchev–Trinajstić information content (AvgIpc) is 3.14. The number of nitrogens with one attached hydrogen (secondary N) is 1. The summed E-state index contributed by atoms with van der Waals surface area (Å²) < 4.78 is 0. The summed E-state index contributed by atoms with van der Waals surface area (Å²) in [5.74, 6) is 0.780. The van der Waals surface area contributed by atoms with Crippen LogP contribution in [0.4, 0.5) is 11.5 Å². The first kappa shape index (κ1) is 22.1. The topological polar surface area (TPSA) is 130 Å². The predicted molar refractivity (Wildman–Crippen MR) is 132 cm³/mol. The first-order chi connectivity index (χ1) is 15.8. The van der Waals surface area contributed by atoms with Crippen molar-refractivity contribution in [3.8, 4) is 0 Å². The van der Waals surface area contributed by atoms with Crippen LogP contribution in [-0.4, -0.2) is 52.3 Å². The van der Waals surface area contributed by atoms with Crippen LogP contribution in [0.25, 0.3) is 10.2 Å². The molecule has 5 rings (SSSR count). The van der Waals surface area contributed by atoms with E-state index in [0.717, 1.165) is 71.6 Å². The van der Waals surface area contributed by atoms with E-state index < -0.39 is 5.54 Å². The van der Waals surface area contributed by atoms with E-state index in [1.54, 1.807) is 0 Å². The second kappa shape index (κ2) is 8.55. The van der Waals surface area contributed by atoms with Crippen molar-refractivity contribution in [2.75, 3.05) is 30.3 Å². The molecule has 8 nitrogen and oxygen atoms in total. The predicted octanol–water partition coefficient (Wildman–Crippen LogP) is 2.16. The first-order valence-corrected chi connectivity index (χ1v) is 12.3. The summed E-state index contributed by atoms with van der Waals surface area (Å²) in [6.07, 6.45) is 4.15. The van der Waals surface area contributed by atoms with Gasteiger partial charge < -0.3 is 26.8 Å². The fraction of sp³-hybridized carbons (Fsp3) is 0.458. The Morgan fingerprint density at radius 1 is 1.33 bits per heavy atom. The van der Waals surface area contributed by atoms with Crippen molar-refractivity contribution in [2.24, 2.45) is 5.73 Å². The van der Waals surface area contributed by atoms with E-state index in [-0.39, 0.29) is 18.6 Å². The lowest BCUT2D eigenvalue weighted by Crippen LogP contribution is -2.57. The van der Waals surface area contributed by atoms with Gasteiger partial charge in [0.15, 0.2) is 0 Å². The number of hydrogen-bond acceptors (Lipinski definition) is 8. The fourth-order valence-electron chi connectivity index (χ4n) is 4.89. The minimum absolute atomic E-state index is 0.0181. The highest BCUT2D eigenvalue weighted by Crippen LogP contribution is 2.33. The van der Waals surface area contributed by atoms with Gasteiger partial charge in [-0.25, -0.2) is 9.97 Å². The molecule has 0 aromatic carbocycles. The lowest BCUT2D eigenvalue weighted by molar-refractivity contribution is 0.0938. The lowest BCUT2D eigenvalue weighted by atomic mass is 9.90. The Morgan fingerprint density at radius 3 is 3.00 bits per heavy atom. The smallest absolute Gasteiger partial charge is 0.263 e. The molecular formula is C24H30N6O2S. The summed E-state index contributed by atoms with van der Waals surface area (Å²) >= 11 is 1.35. The SMILES string of the molecule is Cc1ccc2c(N)c(C(=O)NC3CCc4nc(N5CCCC(N)(CO)C5)ccc4C3)sc2n1. The second-order valence-electron chi connectivity index (χ2n) is 9.38. The van der Waals surface area contributed by atoms with Crippen molar-refractivity contribution < 1.29 is 9.90 Å². The molecule has 3 aromatic heterocycles. The molecule has 2 atom stereocenters. The Kier molecular flexibility index (Phi) is 5.72. The molecule has 6 N–H and O–H groups in total.